The molecule has 0 bridgehead atoms. The summed E-state index contributed by atoms with van der Waals surface area (Å²) >= 11 is 0. The number of aromatic nitrogens is 1. The Morgan fingerprint density at radius 3 is 2.96 bits per heavy atom. The molecule has 0 radical (unpaired) electrons. The van der Waals surface area contributed by atoms with Crippen molar-refractivity contribution in [3.63, 3.8) is 0 Å². The van der Waals surface area contributed by atoms with Crippen LogP contribution in [0, 0.1) is 24.7 Å². The lowest BCUT2D eigenvalue weighted by atomic mass is 9.74. The summed E-state index contributed by atoms with van der Waals surface area (Å²) in [7, 11) is 4.03. The van der Waals surface area contributed by atoms with E-state index >= 15 is 0 Å². The quantitative estimate of drug-likeness (QED) is 0.768. The number of likely N-dealkylation sites (tertiary alicyclic amines) is 1. The standard InChI is InChI=1S/C20H33N3O/c1-16-6-4-9-19(21-16)14-23-13-18-8-5-7-17(20(18)15-23)12-22(2)10-11-24-3/h4,6,9,17-18,20H,5,7-8,10-15H2,1-3H3/t17-,18+,20+/m0/s1. The molecule has 2 aliphatic rings. The van der Waals surface area contributed by atoms with Crippen molar-refractivity contribution in [1.82, 2.24) is 14.8 Å². The lowest BCUT2D eigenvalue weighted by Gasteiger charge is -2.35. The third-order valence-electron chi connectivity index (χ3n) is 5.88. The second kappa shape index (κ2) is 8.41. The molecule has 4 heteroatoms. The molecule has 3 atom stereocenters. The van der Waals surface area contributed by atoms with Crippen LogP contribution in [0.5, 0.6) is 0 Å². The molecule has 1 aliphatic carbocycles. The van der Waals surface area contributed by atoms with Gasteiger partial charge in [-0.25, -0.2) is 0 Å². The highest BCUT2D eigenvalue weighted by atomic mass is 16.5. The molecule has 0 amide bonds. The van der Waals surface area contributed by atoms with Gasteiger partial charge in [-0.1, -0.05) is 12.5 Å². The molecule has 134 valence electrons. The maximum Gasteiger partial charge on any atom is 0.0589 e. The fraction of sp³-hybridized carbons (Fsp3) is 0.750. The van der Waals surface area contributed by atoms with Crippen molar-refractivity contribution in [2.24, 2.45) is 17.8 Å². The van der Waals surface area contributed by atoms with Crippen molar-refractivity contribution < 1.29 is 4.74 Å². The van der Waals surface area contributed by atoms with Crippen molar-refractivity contribution >= 4 is 0 Å². The van der Waals surface area contributed by atoms with Crippen LogP contribution in [0.1, 0.15) is 30.7 Å². The number of aryl methyl sites for hydroxylation is 1. The van der Waals surface area contributed by atoms with Crippen molar-refractivity contribution in [3.8, 4) is 0 Å². The summed E-state index contributed by atoms with van der Waals surface area (Å²) in [5, 5.41) is 0. The van der Waals surface area contributed by atoms with Crippen LogP contribution in [-0.2, 0) is 11.3 Å². The molecule has 4 nitrogen and oxygen atoms in total. The first-order chi connectivity index (χ1) is 11.7. The van der Waals surface area contributed by atoms with E-state index in [4.69, 9.17) is 9.72 Å². The average Bonchev–Trinajstić information content (AvgIpc) is 2.96. The van der Waals surface area contributed by atoms with Gasteiger partial charge in [0.15, 0.2) is 0 Å². The van der Waals surface area contributed by atoms with Gasteiger partial charge in [0.05, 0.1) is 12.3 Å². The SMILES string of the molecule is COCCN(C)C[C@@H]1CCC[C@@H]2CN(Cc3cccc(C)n3)C[C@@H]21. The predicted octanol–water partition coefficient (Wildman–Crippen LogP) is 2.82. The van der Waals surface area contributed by atoms with Crippen molar-refractivity contribution in [2.45, 2.75) is 32.7 Å². The van der Waals surface area contributed by atoms with Crippen molar-refractivity contribution in [1.29, 1.82) is 0 Å². The van der Waals surface area contributed by atoms with Crippen LogP contribution >= 0.6 is 0 Å². The fourth-order valence-corrected chi connectivity index (χ4v) is 4.70. The largest absolute Gasteiger partial charge is 0.383 e. The second-order valence-electron chi connectivity index (χ2n) is 7.83. The molecule has 1 aromatic heterocycles. The topological polar surface area (TPSA) is 28.6 Å². The molecule has 24 heavy (non-hydrogen) atoms. The number of ether oxygens (including phenoxy) is 1. The van der Waals surface area contributed by atoms with Crippen LogP contribution in [0.2, 0.25) is 0 Å². The van der Waals surface area contributed by atoms with E-state index in [-0.39, 0.29) is 0 Å². The average molecular weight is 332 g/mol. The number of rotatable bonds is 7. The Kier molecular flexibility index (Phi) is 6.25. The highest BCUT2D eigenvalue weighted by Crippen LogP contribution is 2.40. The van der Waals surface area contributed by atoms with Crippen LogP contribution in [0.25, 0.3) is 0 Å². The lowest BCUT2D eigenvalue weighted by molar-refractivity contribution is 0.117. The fourth-order valence-electron chi connectivity index (χ4n) is 4.70. The number of hydrogen-bond donors (Lipinski definition) is 0. The van der Waals surface area contributed by atoms with Gasteiger partial charge < -0.3 is 9.64 Å². The van der Waals surface area contributed by atoms with Crippen LogP contribution in [-0.4, -0.2) is 61.7 Å². The number of hydrogen-bond acceptors (Lipinski definition) is 4. The zero-order valence-electron chi connectivity index (χ0n) is 15.6. The molecular formula is C20H33N3O. The summed E-state index contributed by atoms with van der Waals surface area (Å²) in [5.74, 6) is 2.61. The first-order valence-electron chi connectivity index (χ1n) is 9.48. The van der Waals surface area contributed by atoms with Gasteiger partial charge >= 0.3 is 0 Å². The molecule has 3 rings (SSSR count). The summed E-state index contributed by atoms with van der Waals surface area (Å²) in [6.45, 7) is 8.71. The Labute approximate surface area is 147 Å². The van der Waals surface area contributed by atoms with Crippen molar-refractivity contribution in [3.05, 3.63) is 29.6 Å². The van der Waals surface area contributed by atoms with Gasteiger partial charge in [0.2, 0.25) is 0 Å². The number of pyridine rings is 1. The predicted molar refractivity (Wildman–Crippen MR) is 97.9 cm³/mol. The van der Waals surface area contributed by atoms with Gasteiger partial charge in [0, 0.05) is 45.5 Å². The summed E-state index contributed by atoms with van der Waals surface area (Å²) < 4.78 is 5.22. The minimum atomic E-state index is 0.836. The summed E-state index contributed by atoms with van der Waals surface area (Å²) in [5.41, 5.74) is 2.35. The van der Waals surface area contributed by atoms with E-state index in [0.29, 0.717) is 0 Å². The minimum Gasteiger partial charge on any atom is -0.383 e. The Balaban J connectivity index is 1.56. The van der Waals surface area contributed by atoms with Crippen LogP contribution in [0.4, 0.5) is 0 Å². The zero-order valence-corrected chi connectivity index (χ0v) is 15.6. The Morgan fingerprint density at radius 2 is 2.17 bits per heavy atom. The third-order valence-corrected chi connectivity index (χ3v) is 5.88. The number of nitrogens with zero attached hydrogens (tertiary/aromatic N) is 3. The van der Waals surface area contributed by atoms with Gasteiger partial charge in [-0.15, -0.1) is 0 Å². The Hall–Kier alpha value is -0.970. The number of methoxy groups -OCH3 is 1. The highest BCUT2D eigenvalue weighted by Gasteiger charge is 2.40. The Bertz CT molecular complexity index is 521. The minimum absolute atomic E-state index is 0.836. The normalized spacial score (nSPS) is 27.6. The van der Waals surface area contributed by atoms with E-state index in [0.717, 1.165) is 43.1 Å². The smallest absolute Gasteiger partial charge is 0.0589 e. The van der Waals surface area contributed by atoms with Crippen molar-refractivity contribution in [2.75, 3.05) is 46.9 Å². The lowest BCUT2D eigenvalue weighted by Crippen LogP contribution is -2.37. The number of likely N-dealkylation sites (N-methyl/N-ethyl adjacent to an activating group) is 1. The van der Waals surface area contributed by atoms with E-state index < -0.39 is 0 Å². The monoisotopic (exact) mass is 331 g/mol. The summed E-state index contributed by atoms with van der Waals surface area (Å²) in [6, 6.07) is 6.39. The van der Waals surface area contributed by atoms with E-state index in [1.807, 2.05) is 0 Å². The number of fused-ring (bicyclic) bond motifs is 1. The molecule has 1 saturated carbocycles. The third kappa shape index (κ3) is 4.56. The van der Waals surface area contributed by atoms with Crippen LogP contribution < -0.4 is 0 Å². The zero-order chi connectivity index (χ0) is 16.9. The molecule has 1 aliphatic heterocycles. The van der Waals surface area contributed by atoms with E-state index in [1.54, 1.807) is 7.11 Å². The van der Waals surface area contributed by atoms with Gasteiger partial charge in [-0.2, -0.15) is 0 Å². The maximum absolute atomic E-state index is 5.22. The molecule has 2 fully saturated rings. The molecule has 1 aromatic rings. The van der Waals surface area contributed by atoms with Gasteiger partial charge in [0.1, 0.15) is 0 Å². The molecular weight excluding hydrogens is 298 g/mol. The maximum atomic E-state index is 5.22. The van der Waals surface area contributed by atoms with Crippen LogP contribution in [0.15, 0.2) is 18.2 Å². The first kappa shape index (κ1) is 17.8. The molecule has 0 spiro atoms. The summed E-state index contributed by atoms with van der Waals surface area (Å²) in [6.07, 6.45) is 4.22. The molecule has 0 aromatic carbocycles. The second-order valence-corrected chi connectivity index (χ2v) is 7.83. The molecule has 0 unspecified atom stereocenters. The Morgan fingerprint density at radius 1 is 1.29 bits per heavy atom. The molecule has 0 N–H and O–H groups in total. The van der Waals surface area contributed by atoms with E-state index in [9.17, 15) is 0 Å². The summed E-state index contributed by atoms with van der Waals surface area (Å²) in [4.78, 5) is 9.79. The first-order valence-corrected chi connectivity index (χ1v) is 9.48. The van der Waals surface area contributed by atoms with E-state index in [1.165, 1.54) is 44.6 Å². The van der Waals surface area contributed by atoms with Gasteiger partial charge in [-0.05, 0) is 56.7 Å². The highest BCUT2D eigenvalue weighted by molar-refractivity contribution is 5.10. The molecule has 2 heterocycles. The van der Waals surface area contributed by atoms with Crippen LogP contribution in [0.3, 0.4) is 0 Å². The van der Waals surface area contributed by atoms with Gasteiger partial charge in [0.25, 0.3) is 0 Å². The van der Waals surface area contributed by atoms with Gasteiger partial charge in [-0.3, -0.25) is 9.88 Å². The molecule has 1 saturated heterocycles. The van der Waals surface area contributed by atoms with E-state index in [2.05, 4.69) is 42.0 Å².